The molecule has 2 aliphatic rings. The molecule has 2 heterocycles. The van der Waals surface area contributed by atoms with E-state index in [1.54, 1.807) is 0 Å². The van der Waals surface area contributed by atoms with Crippen molar-refractivity contribution in [3.05, 3.63) is 0 Å². The van der Waals surface area contributed by atoms with Crippen molar-refractivity contribution >= 4 is 41.8 Å². The molecule has 1 unspecified atom stereocenters. The fourth-order valence-corrected chi connectivity index (χ4v) is 4.51. The van der Waals surface area contributed by atoms with Gasteiger partial charge in [-0.05, 0) is 6.92 Å². The maximum atomic E-state index is 12.2. The molecule has 0 aromatic heterocycles. The maximum Gasteiger partial charge on any atom is 0.305 e. The summed E-state index contributed by atoms with van der Waals surface area (Å²) in [6, 6.07) is 0. The second-order valence-electron chi connectivity index (χ2n) is 9.64. The third-order valence-electron chi connectivity index (χ3n) is 5.85. The molecule has 242 valence electrons. The smallest absolute Gasteiger partial charge is 0.305 e. The van der Waals surface area contributed by atoms with Gasteiger partial charge >= 0.3 is 41.8 Å². The first kappa shape index (κ1) is 35.4. The number of carbonyl (C=O) groups excluding carboxylic acids is 7. The molecule has 17 heteroatoms. The van der Waals surface area contributed by atoms with Crippen molar-refractivity contribution in [2.75, 3.05) is 6.61 Å². The highest BCUT2D eigenvalue weighted by molar-refractivity contribution is 5.69. The molecule has 0 amide bonds. The fraction of sp³-hybridized carbons (Fsp3) is 0.731. The van der Waals surface area contributed by atoms with Gasteiger partial charge in [0, 0.05) is 48.5 Å². The molecular weight excluding hydrogens is 584 g/mol. The summed E-state index contributed by atoms with van der Waals surface area (Å²) in [5.74, 6) is -5.78. The Labute approximate surface area is 246 Å². The summed E-state index contributed by atoms with van der Waals surface area (Å²) in [6.45, 7) is 8.42. The molecular formula is C26H36O17. The molecule has 0 spiro atoms. The molecule has 0 N–H and O–H groups in total. The molecule has 0 aliphatic carbocycles. The Morgan fingerprint density at radius 3 is 1.35 bits per heavy atom. The van der Waals surface area contributed by atoms with Gasteiger partial charge in [-0.2, -0.15) is 0 Å². The van der Waals surface area contributed by atoms with Crippen LogP contribution in [0.1, 0.15) is 55.4 Å². The van der Waals surface area contributed by atoms with Crippen LogP contribution in [0.5, 0.6) is 0 Å². The Morgan fingerprint density at radius 2 is 0.884 bits per heavy atom. The van der Waals surface area contributed by atoms with Gasteiger partial charge in [-0.3, -0.25) is 33.6 Å². The second kappa shape index (κ2) is 15.6. The lowest BCUT2D eigenvalue weighted by Crippen LogP contribution is -2.66. The zero-order valence-electron chi connectivity index (χ0n) is 24.9. The van der Waals surface area contributed by atoms with Gasteiger partial charge in [0.25, 0.3) is 0 Å². The van der Waals surface area contributed by atoms with E-state index in [9.17, 15) is 33.6 Å². The van der Waals surface area contributed by atoms with E-state index in [0.29, 0.717) is 0 Å². The van der Waals surface area contributed by atoms with Crippen molar-refractivity contribution < 1.29 is 80.9 Å². The van der Waals surface area contributed by atoms with E-state index in [2.05, 4.69) is 0 Å². The van der Waals surface area contributed by atoms with Gasteiger partial charge < -0.3 is 47.4 Å². The SMILES string of the molecule is CC(=O)OC[C@H]1OC(OC(C)=O)[C@H](O[C@@H]2O[C@@H](C)[C@H](OC(C)=O)[C@@H](OC(C)=O)[C@H]2OC(C)=O)[C@@H](OC(C)=O)[C@@H]1OC(C)=O. The highest BCUT2D eigenvalue weighted by Gasteiger charge is 2.57. The Kier molecular flexibility index (Phi) is 12.8. The van der Waals surface area contributed by atoms with Crippen molar-refractivity contribution in [3.63, 3.8) is 0 Å². The van der Waals surface area contributed by atoms with Crippen molar-refractivity contribution in [1.82, 2.24) is 0 Å². The molecule has 0 aromatic rings. The second-order valence-corrected chi connectivity index (χ2v) is 9.64. The molecule has 43 heavy (non-hydrogen) atoms. The number of rotatable bonds is 10. The summed E-state index contributed by atoms with van der Waals surface area (Å²) >= 11 is 0. The number of hydrogen-bond donors (Lipinski definition) is 0. The zero-order valence-corrected chi connectivity index (χ0v) is 24.9. The van der Waals surface area contributed by atoms with Crippen LogP contribution in [-0.2, 0) is 80.9 Å². The van der Waals surface area contributed by atoms with Crippen LogP contribution in [0.25, 0.3) is 0 Å². The molecule has 2 fully saturated rings. The predicted octanol–water partition coefficient (Wildman–Crippen LogP) is -0.374. The normalized spacial score (nSPS) is 31.9. The van der Waals surface area contributed by atoms with Crippen LogP contribution in [0.15, 0.2) is 0 Å². The number of esters is 7. The first-order valence-electron chi connectivity index (χ1n) is 13.1. The number of ether oxygens (including phenoxy) is 10. The van der Waals surface area contributed by atoms with E-state index in [1.165, 1.54) is 6.92 Å². The van der Waals surface area contributed by atoms with Crippen LogP contribution in [0.3, 0.4) is 0 Å². The molecule has 10 atom stereocenters. The van der Waals surface area contributed by atoms with Crippen LogP contribution in [0.2, 0.25) is 0 Å². The van der Waals surface area contributed by atoms with Crippen molar-refractivity contribution in [3.8, 4) is 0 Å². The lowest BCUT2D eigenvalue weighted by molar-refractivity contribution is -0.361. The lowest BCUT2D eigenvalue weighted by Gasteiger charge is -2.48. The largest absolute Gasteiger partial charge is 0.463 e. The zero-order chi connectivity index (χ0) is 32.6. The molecule has 2 aliphatic heterocycles. The van der Waals surface area contributed by atoms with E-state index in [4.69, 9.17) is 47.4 Å². The minimum absolute atomic E-state index is 0.513. The minimum atomic E-state index is -1.70. The van der Waals surface area contributed by atoms with Gasteiger partial charge in [0.1, 0.15) is 12.7 Å². The van der Waals surface area contributed by atoms with E-state index in [1.807, 2.05) is 0 Å². The molecule has 2 rings (SSSR count). The molecule has 2 saturated heterocycles. The standard InChI is InChI=1S/C26H36O17/c1-10-19(36-12(3)28)21(38-14(5)30)23(40-16(7)32)25(35-10)43-24-22(39-15(6)31)20(37-13(4)29)18(9-34-11(2)27)42-26(24)41-17(8)33/h10,18-26H,9H2,1-8H3/t10-,18+,19-,20+,21+,22-,23+,24+,25-,26?/m0/s1. The highest BCUT2D eigenvalue weighted by atomic mass is 16.8. The van der Waals surface area contributed by atoms with E-state index in [-0.39, 0.29) is 0 Å². The molecule has 0 radical (unpaired) electrons. The quantitative estimate of drug-likeness (QED) is 0.225. The predicted molar refractivity (Wildman–Crippen MR) is 134 cm³/mol. The first-order chi connectivity index (χ1) is 20.0. The average Bonchev–Trinajstić information content (AvgIpc) is 2.84. The topological polar surface area (TPSA) is 212 Å². The van der Waals surface area contributed by atoms with Crippen molar-refractivity contribution in [2.45, 2.75) is 117 Å². The summed E-state index contributed by atoms with van der Waals surface area (Å²) in [6.07, 6.45) is -14.8. The van der Waals surface area contributed by atoms with Crippen LogP contribution < -0.4 is 0 Å². The average molecular weight is 621 g/mol. The van der Waals surface area contributed by atoms with Gasteiger partial charge in [0.15, 0.2) is 42.9 Å². The van der Waals surface area contributed by atoms with Gasteiger partial charge in [-0.25, -0.2) is 0 Å². The maximum absolute atomic E-state index is 12.2. The Morgan fingerprint density at radius 1 is 0.465 bits per heavy atom. The van der Waals surface area contributed by atoms with Crippen LogP contribution in [-0.4, -0.2) is 110 Å². The van der Waals surface area contributed by atoms with Crippen LogP contribution in [0.4, 0.5) is 0 Å². The fourth-order valence-electron chi connectivity index (χ4n) is 4.51. The summed E-state index contributed by atoms with van der Waals surface area (Å²) in [7, 11) is 0. The van der Waals surface area contributed by atoms with Gasteiger partial charge in [-0.1, -0.05) is 0 Å². The lowest BCUT2D eigenvalue weighted by atomic mass is 9.96. The molecule has 0 bridgehead atoms. The van der Waals surface area contributed by atoms with Crippen LogP contribution in [0, 0.1) is 0 Å². The highest BCUT2D eigenvalue weighted by Crippen LogP contribution is 2.35. The summed E-state index contributed by atoms with van der Waals surface area (Å²) in [4.78, 5) is 83.7. The Balaban J connectivity index is 2.62. The molecule has 0 saturated carbocycles. The number of hydrogen-bond acceptors (Lipinski definition) is 17. The van der Waals surface area contributed by atoms with Gasteiger partial charge in [0.05, 0.1) is 6.10 Å². The molecule has 17 nitrogen and oxygen atoms in total. The summed E-state index contributed by atoms with van der Waals surface area (Å²) in [5.41, 5.74) is 0. The van der Waals surface area contributed by atoms with Crippen LogP contribution >= 0.6 is 0 Å². The number of carbonyl (C=O) groups is 7. The minimum Gasteiger partial charge on any atom is -0.463 e. The summed E-state index contributed by atoms with van der Waals surface area (Å²) in [5, 5.41) is 0. The third-order valence-corrected chi connectivity index (χ3v) is 5.85. The molecule has 0 aromatic carbocycles. The van der Waals surface area contributed by atoms with E-state index in [0.717, 1.165) is 48.5 Å². The Hall–Kier alpha value is -3.83. The van der Waals surface area contributed by atoms with Gasteiger partial charge in [0.2, 0.25) is 6.29 Å². The third kappa shape index (κ3) is 10.4. The van der Waals surface area contributed by atoms with E-state index >= 15 is 0 Å². The van der Waals surface area contributed by atoms with Crippen molar-refractivity contribution in [1.29, 1.82) is 0 Å². The Bertz CT molecular complexity index is 1070. The summed E-state index contributed by atoms with van der Waals surface area (Å²) < 4.78 is 54.9. The first-order valence-corrected chi connectivity index (χ1v) is 13.1. The van der Waals surface area contributed by atoms with E-state index < -0.39 is 110 Å². The monoisotopic (exact) mass is 620 g/mol. The van der Waals surface area contributed by atoms with Crippen molar-refractivity contribution in [2.24, 2.45) is 0 Å². The van der Waals surface area contributed by atoms with Gasteiger partial charge in [-0.15, -0.1) is 0 Å².